The fraction of sp³-hybridized carbons (Fsp3) is 0.294. The Morgan fingerprint density at radius 3 is 2.92 bits per heavy atom. The van der Waals surface area contributed by atoms with E-state index in [9.17, 15) is 4.79 Å². The SMILES string of the molecule is Cc1c(C(=O)Nc2nnc(C3CCCO3)s2)cnn1-c1ccccc1. The van der Waals surface area contributed by atoms with Crippen LogP contribution in [-0.2, 0) is 4.74 Å². The summed E-state index contributed by atoms with van der Waals surface area (Å²) in [4.78, 5) is 12.6. The molecule has 0 aliphatic carbocycles. The van der Waals surface area contributed by atoms with Crippen molar-refractivity contribution in [3.63, 3.8) is 0 Å². The maximum Gasteiger partial charge on any atom is 0.260 e. The van der Waals surface area contributed by atoms with E-state index in [-0.39, 0.29) is 12.0 Å². The molecule has 7 nitrogen and oxygen atoms in total. The number of aromatic nitrogens is 4. The van der Waals surface area contributed by atoms with E-state index in [0.29, 0.717) is 10.7 Å². The van der Waals surface area contributed by atoms with E-state index >= 15 is 0 Å². The van der Waals surface area contributed by atoms with Gasteiger partial charge in [0.1, 0.15) is 11.1 Å². The molecule has 1 atom stereocenters. The number of ether oxygens (including phenoxy) is 1. The van der Waals surface area contributed by atoms with Gasteiger partial charge in [-0.05, 0) is 31.9 Å². The second kappa shape index (κ2) is 6.73. The van der Waals surface area contributed by atoms with Crippen molar-refractivity contribution in [3.05, 3.63) is 52.8 Å². The summed E-state index contributed by atoms with van der Waals surface area (Å²) in [5.41, 5.74) is 2.20. The van der Waals surface area contributed by atoms with Crippen LogP contribution < -0.4 is 5.32 Å². The summed E-state index contributed by atoms with van der Waals surface area (Å²) in [5, 5.41) is 16.6. The molecule has 128 valence electrons. The summed E-state index contributed by atoms with van der Waals surface area (Å²) in [6.07, 6.45) is 3.56. The molecular formula is C17H17N5O2S. The third-order valence-electron chi connectivity index (χ3n) is 4.12. The predicted molar refractivity (Wildman–Crippen MR) is 94.1 cm³/mol. The Morgan fingerprint density at radius 1 is 1.32 bits per heavy atom. The number of nitrogens with zero attached hydrogens (tertiary/aromatic N) is 4. The number of hydrogen-bond donors (Lipinski definition) is 1. The number of nitrogens with one attached hydrogen (secondary N) is 1. The summed E-state index contributed by atoms with van der Waals surface area (Å²) in [7, 11) is 0. The van der Waals surface area contributed by atoms with Crippen LogP contribution in [0.1, 0.15) is 40.0 Å². The number of amides is 1. The first-order chi connectivity index (χ1) is 12.2. The fourth-order valence-corrected chi connectivity index (χ4v) is 3.64. The minimum Gasteiger partial charge on any atom is -0.371 e. The van der Waals surface area contributed by atoms with E-state index in [1.54, 1.807) is 10.9 Å². The Morgan fingerprint density at radius 2 is 2.16 bits per heavy atom. The molecule has 0 saturated carbocycles. The zero-order chi connectivity index (χ0) is 17.2. The van der Waals surface area contributed by atoms with Crippen LogP contribution in [-0.4, -0.2) is 32.5 Å². The van der Waals surface area contributed by atoms with Crippen LogP contribution in [0.5, 0.6) is 0 Å². The second-order valence-electron chi connectivity index (χ2n) is 5.79. The Labute approximate surface area is 148 Å². The maximum atomic E-state index is 12.6. The average Bonchev–Trinajstić information content (AvgIpc) is 3.35. The van der Waals surface area contributed by atoms with Gasteiger partial charge < -0.3 is 4.74 Å². The second-order valence-corrected chi connectivity index (χ2v) is 6.80. The molecule has 1 aliphatic rings. The summed E-state index contributed by atoms with van der Waals surface area (Å²) in [6, 6.07) is 9.70. The van der Waals surface area contributed by atoms with Gasteiger partial charge in [-0.3, -0.25) is 10.1 Å². The highest BCUT2D eigenvalue weighted by Crippen LogP contribution is 2.32. The van der Waals surface area contributed by atoms with E-state index in [0.717, 1.165) is 35.8 Å². The van der Waals surface area contributed by atoms with Crippen molar-refractivity contribution in [1.29, 1.82) is 0 Å². The van der Waals surface area contributed by atoms with Gasteiger partial charge >= 0.3 is 0 Å². The van der Waals surface area contributed by atoms with Crippen molar-refractivity contribution in [2.75, 3.05) is 11.9 Å². The van der Waals surface area contributed by atoms with Crippen molar-refractivity contribution in [3.8, 4) is 5.69 Å². The molecule has 4 rings (SSSR count). The molecule has 1 N–H and O–H groups in total. The van der Waals surface area contributed by atoms with Gasteiger partial charge in [-0.2, -0.15) is 5.10 Å². The van der Waals surface area contributed by atoms with Crippen LogP contribution in [0.4, 0.5) is 5.13 Å². The quantitative estimate of drug-likeness (QED) is 0.777. The fourth-order valence-electron chi connectivity index (χ4n) is 2.81. The van der Waals surface area contributed by atoms with Gasteiger partial charge in [0.2, 0.25) is 5.13 Å². The van der Waals surface area contributed by atoms with E-state index in [1.807, 2.05) is 37.3 Å². The molecular weight excluding hydrogens is 338 g/mol. The first-order valence-electron chi connectivity index (χ1n) is 8.09. The van der Waals surface area contributed by atoms with Crippen LogP contribution in [0.3, 0.4) is 0 Å². The molecule has 1 aromatic carbocycles. The number of benzene rings is 1. The Hall–Kier alpha value is -2.58. The van der Waals surface area contributed by atoms with Gasteiger partial charge in [-0.15, -0.1) is 10.2 Å². The first kappa shape index (κ1) is 15.9. The van der Waals surface area contributed by atoms with Crippen molar-refractivity contribution in [2.24, 2.45) is 0 Å². The molecule has 2 aromatic heterocycles. The molecule has 0 spiro atoms. The van der Waals surface area contributed by atoms with Crippen molar-refractivity contribution < 1.29 is 9.53 Å². The highest BCUT2D eigenvalue weighted by atomic mass is 32.1. The van der Waals surface area contributed by atoms with Crippen LogP contribution >= 0.6 is 11.3 Å². The van der Waals surface area contributed by atoms with Crippen molar-refractivity contribution in [2.45, 2.75) is 25.9 Å². The van der Waals surface area contributed by atoms with Gasteiger partial charge in [0.25, 0.3) is 5.91 Å². The molecule has 1 unspecified atom stereocenters. The predicted octanol–water partition coefficient (Wildman–Crippen LogP) is 3.14. The molecule has 1 saturated heterocycles. The van der Waals surface area contributed by atoms with Gasteiger partial charge in [-0.25, -0.2) is 4.68 Å². The van der Waals surface area contributed by atoms with Crippen LogP contribution in [0.25, 0.3) is 5.69 Å². The minimum atomic E-state index is -0.241. The van der Waals surface area contributed by atoms with Gasteiger partial charge in [-0.1, -0.05) is 29.5 Å². The smallest absolute Gasteiger partial charge is 0.260 e. The lowest BCUT2D eigenvalue weighted by molar-refractivity contribution is 0.102. The van der Waals surface area contributed by atoms with E-state index in [1.165, 1.54) is 11.3 Å². The number of carbonyl (C=O) groups is 1. The molecule has 8 heteroatoms. The van der Waals surface area contributed by atoms with Gasteiger partial charge in [0, 0.05) is 6.61 Å². The highest BCUT2D eigenvalue weighted by Gasteiger charge is 2.23. The van der Waals surface area contributed by atoms with Gasteiger partial charge in [0.15, 0.2) is 0 Å². The average molecular weight is 355 g/mol. The Bertz CT molecular complexity index is 884. The number of rotatable bonds is 4. The zero-order valence-electron chi connectivity index (χ0n) is 13.7. The Kier molecular flexibility index (Phi) is 4.29. The topological polar surface area (TPSA) is 81.9 Å². The summed E-state index contributed by atoms with van der Waals surface area (Å²) in [5.74, 6) is -0.241. The number of anilines is 1. The molecule has 1 amide bonds. The third-order valence-corrected chi connectivity index (χ3v) is 5.05. The lowest BCUT2D eigenvalue weighted by atomic mass is 10.2. The largest absolute Gasteiger partial charge is 0.371 e. The maximum absolute atomic E-state index is 12.6. The number of carbonyl (C=O) groups excluding carboxylic acids is 1. The van der Waals surface area contributed by atoms with E-state index in [2.05, 4.69) is 20.6 Å². The number of hydrogen-bond acceptors (Lipinski definition) is 6. The minimum absolute atomic E-state index is 0.00530. The third kappa shape index (κ3) is 3.18. The standard InChI is InChI=1S/C17H17N5O2S/c1-11-13(10-18-22(11)12-6-3-2-4-7-12)15(23)19-17-21-20-16(25-17)14-8-5-9-24-14/h2-4,6-7,10,14H,5,8-9H2,1H3,(H,19,21,23). The van der Waals surface area contributed by atoms with Crippen LogP contribution in [0, 0.1) is 6.92 Å². The van der Waals surface area contributed by atoms with E-state index in [4.69, 9.17) is 4.74 Å². The van der Waals surface area contributed by atoms with Crippen LogP contribution in [0.15, 0.2) is 36.5 Å². The van der Waals surface area contributed by atoms with Gasteiger partial charge in [0.05, 0.1) is 23.1 Å². The first-order valence-corrected chi connectivity index (χ1v) is 8.90. The lowest BCUT2D eigenvalue weighted by Gasteiger charge is -2.05. The van der Waals surface area contributed by atoms with Crippen LogP contribution in [0.2, 0.25) is 0 Å². The molecule has 3 heterocycles. The summed E-state index contributed by atoms with van der Waals surface area (Å²) in [6.45, 7) is 2.62. The van der Waals surface area contributed by atoms with Crippen molar-refractivity contribution >= 4 is 22.4 Å². The lowest BCUT2D eigenvalue weighted by Crippen LogP contribution is -2.13. The Balaban J connectivity index is 1.51. The summed E-state index contributed by atoms with van der Waals surface area (Å²) < 4.78 is 7.34. The molecule has 1 aliphatic heterocycles. The van der Waals surface area contributed by atoms with Crippen molar-refractivity contribution in [1.82, 2.24) is 20.0 Å². The highest BCUT2D eigenvalue weighted by molar-refractivity contribution is 7.15. The molecule has 1 fully saturated rings. The monoisotopic (exact) mass is 355 g/mol. The summed E-state index contributed by atoms with van der Waals surface area (Å²) >= 11 is 1.36. The normalized spacial score (nSPS) is 16.9. The van der Waals surface area contributed by atoms with E-state index < -0.39 is 0 Å². The molecule has 25 heavy (non-hydrogen) atoms. The number of para-hydroxylation sites is 1. The molecule has 3 aromatic rings. The molecule has 0 radical (unpaired) electrons. The molecule has 0 bridgehead atoms. The zero-order valence-corrected chi connectivity index (χ0v) is 14.5.